The quantitative estimate of drug-likeness (QED) is 0.719. The highest BCUT2D eigenvalue weighted by Crippen LogP contribution is 2.23. The van der Waals surface area contributed by atoms with E-state index in [-0.39, 0.29) is 24.4 Å². The molecule has 1 nitrogen and oxygen atoms in total. The molecule has 0 unspecified atom stereocenters. The molecule has 0 aromatic heterocycles. The fourth-order valence-corrected chi connectivity index (χ4v) is 2.19. The topological polar surface area (TPSA) is 3.24 Å². The predicted octanol–water partition coefficient (Wildman–Crippen LogP) is 4.59. The molecule has 0 bridgehead atoms. The fraction of sp³-hybridized carbons (Fsp3) is 0.600. The summed E-state index contributed by atoms with van der Waals surface area (Å²) < 4.78 is 37.4. The maximum absolute atomic E-state index is 12.5. The summed E-state index contributed by atoms with van der Waals surface area (Å²) >= 11 is 5.57. The number of benzene rings is 1. The molecule has 0 aliphatic rings. The Morgan fingerprint density at radius 1 is 1.05 bits per heavy atom. The summed E-state index contributed by atoms with van der Waals surface area (Å²) in [6.07, 6.45) is -4.20. The minimum Gasteiger partial charge on any atom is -0.290 e. The van der Waals surface area contributed by atoms with E-state index in [0.717, 1.165) is 5.56 Å². The Balaban J connectivity index is 2.74. The molecule has 1 rings (SSSR count). The van der Waals surface area contributed by atoms with Gasteiger partial charge in [-0.2, -0.15) is 13.2 Å². The van der Waals surface area contributed by atoms with Crippen LogP contribution in [0.1, 0.15) is 31.9 Å². The summed E-state index contributed by atoms with van der Waals surface area (Å²) in [6, 6.07) is 7.72. The van der Waals surface area contributed by atoms with Gasteiger partial charge in [0.15, 0.2) is 0 Å². The van der Waals surface area contributed by atoms with Crippen LogP contribution >= 0.6 is 11.6 Å². The summed E-state index contributed by atoms with van der Waals surface area (Å²) in [4.78, 5) is 1.32. The summed E-state index contributed by atoms with van der Waals surface area (Å²) in [5.41, 5.74) is 2.08. The van der Waals surface area contributed by atoms with Crippen molar-refractivity contribution in [2.45, 2.75) is 38.9 Å². The van der Waals surface area contributed by atoms with Gasteiger partial charge < -0.3 is 0 Å². The molecule has 0 aliphatic carbocycles. The lowest BCUT2D eigenvalue weighted by atomic mass is 9.87. The van der Waals surface area contributed by atoms with E-state index in [2.05, 4.69) is 20.8 Å². The van der Waals surface area contributed by atoms with Crippen LogP contribution in [0.5, 0.6) is 0 Å². The van der Waals surface area contributed by atoms with Crippen molar-refractivity contribution < 1.29 is 13.2 Å². The molecule has 0 spiro atoms. The fourth-order valence-electron chi connectivity index (χ4n) is 1.96. The molecule has 114 valence electrons. The summed E-state index contributed by atoms with van der Waals surface area (Å²) in [6.45, 7) is 5.86. The van der Waals surface area contributed by atoms with E-state index in [9.17, 15) is 13.2 Å². The van der Waals surface area contributed by atoms with E-state index in [4.69, 9.17) is 11.6 Å². The Labute approximate surface area is 123 Å². The van der Waals surface area contributed by atoms with Gasteiger partial charge in [-0.1, -0.05) is 45.0 Å². The number of hydrogen-bond acceptors (Lipinski definition) is 1. The second-order valence-corrected chi connectivity index (χ2v) is 6.34. The van der Waals surface area contributed by atoms with E-state index in [1.807, 2.05) is 24.3 Å². The first-order valence-corrected chi connectivity index (χ1v) is 7.10. The average molecular weight is 308 g/mol. The van der Waals surface area contributed by atoms with Crippen LogP contribution in [-0.2, 0) is 12.0 Å². The average Bonchev–Trinajstić information content (AvgIpc) is 2.26. The molecule has 0 fully saturated rings. The van der Waals surface area contributed by atoms with Crippen LogP contribution < -0.4 is 0 Å². The monoisotopic (exact) mass is 307 g/mol. The van der Waals surface area contributed by atoms with E-state index >= 15 is 0 Å². The zero-order chi connectivity index (χ0) is 15.4. The molecule has 1 aromatic rings. The smallest absolute Gasteiger partial charge is 0.290 e. The minimum absolute atomic E-state index is 0.0420. The maximum atomic E-state index is 12.5. The van der Waals surface area contributed by atoms with Crippen LogP contribution in [0.25, 0.3) is 0 Å². The van der Waals surface area contributed by atoms with E-state index < -0.39 is 12.7 Å². The van der Waals surface area contributed by atoms with Gasteiger partial charge >= 0.3 is 6.18 Å². The van der Waals surface area contributed by atoms with Gasteiger partial charge in [-0.15, -0.1) is 11.6 Å². The molecular formula is C15H21ClF3N. The number of alkyl halides is 4. The van der Waals surface area contributed by atoms with Crippen LogP contribution in [0.15, 0.2) is 24.3 Å². The first-order valence-electron chi connectivity index (χ1n) is 6.56. The predicted molar refractivity (Wildman–Crippen MR) is 77.2 cm³/mol. The van der Waals surface area contributed by atoms with Crippen molar-refractivity contribution in [3.8, 4) is 0 Å². The molecule has 5 heteroatoms. The zero-order valence-corrected chi connectivity index (χ0v) is 12.9. The largest absolute Gasteiger partial charge is 0.401 e. The standard InChI is InChI=1S/C15H21ClF3N/c1-14(2,3)13-6-4-12(5-7-13)10-20(9-8-16)11-15(17,18)19/h4-7H,8-11H2,1-3H3. The summed E-state index contributed by atoms with van der Waals surface area (Å²) in [5, 5.41) is 0. The van der Waals surface area contributed by atoms with Gasteiger partial charge in [0.1, 0.15) is 0 Å². The maximum Gasteiger partial charge on any atom is 0.401 e. The van der Waals surface area contributed by atoms with Gasteiger partial charge in [0.05, 0.1) is 6.54 Å². The van der Waals surface area contributed by atoms with E-state index in [0.29, 0.717) is 0 Å². The van der Waals surface area contributed by atoms with Crippen LogP contribution in [0, 0.1) is 0 Å². The molecule has 0 saturated heterocycles. The Hall–Kier alpha value is -0.740. The Morgan fingerprint density at radius 2 is 1.60 bits per heavy atom. The number of hydrogen-bond donors (Lipinski definition) is 0. The van der Waals surface area contributed by atoms with Crippen LogP contribution in [-0.4, -0.2) is 30.0 Å². The highest BCUT2D eigenvalue weighted by Gasteiger charge is 2.30. The Bertz CT molecular complexity index is 407. The lowest BCUT2D eigenvalue weighted by Crippen LogP contribution is -2.35. The molecule has 0 aliphatic heterocycles. The van der Waals surface area contributed by atoms with Crippen molar-refractivity contribution in [2.24, 2.45) is 0 Å². The SMILES string of the molecule is CC(C)(C)c1ccc(CN(CCCl)CC(F)(F)F)cc1. The molecular weight excluding hydrogens is 287 g/mol. The second kappa shape index (κ2) is 6.81. The zero-order valence-electron chi connectivity index (χ0n) is 12.1. The number of nitrogens with zero attached hydrogens (tertiary/aromatic N) is 1. The summed E-state index contributed by atoms with van der Waals surface area (Å²) in [7, 11) is 0. The van der Waals surface area contributed by atoms with Crippen molar-refractivity contribution in [2.75, 3.05) is 19.0 Å². The third kappa shape index (κ3) is 6.14. The normalized spacial score (nSPS) is 13.0. The van der Waals surface area contributed by atoms with Crippen molar-refractivity contribution >= 4 is 11.6 Å². The van der Waals surface area contributed by atoms with Crippen LogP contribution in [0.4, 0.5) is 13.2 Å². The Morgan fingerprint density at radius 3 is 2.00 bits per heavy atom. The molecule has 0 amide bonds. The Kier molecular flexibility index (Phi) is 5.90. The van der Waals surface area contributed by atoms with E-state index in [1.54, 1.807) is 0 Å². The highest BCUT2D eigenvalue weighted by molar-refractivity contribution is 6.18. The highest BCUT2D eigenvalue weighted by atomic mass is 35.5. The van der Waals surface area contributed by atoms with Gasteiger partial charge in [-0.3, -0.25) is 4.90 Å². The van der Waals surface area contributed by atoms with Gasteiger partial charge in [0, 0.05) is 19.0 Å². The van der Waals surface area contributed by atoms with Crippen molar-refractivity contribution in [3.63, 3.8) is 0 Å². The lowest BCUT2D eigenvalue weighted by Gasteiger charge is -2.23. The van der Waals surface area contributed by atoms with Crippen molar-refractivity contribution in [3.05, 3.63) is 35.4 Å². The van der Waals surface area contributed by atoms with E-state index in [1.165, 1.54) is 10.5 Å². The van der Waals surface area contributed by atoms with Crippen LogP contribution in [0.2, 0.25) is 0 Å². The first-order chi connectivity index (χ1) is 9.12. The van der Waals surface area contributed by atoms with Crippen LogP contribution in [0.3, 0.4) is 0 Å². The third-order valence-corrected chi connectivity index (χ3v) is 3.20. The van der Waals surface area contributed by atoms with Gasteiger partial charge in [-0.05, 0) is 16.5 Å². The van der Waals surface area contributed by atoms with Gasteiger partial charge in [-0.25, -0.2) is 0 Å². The molecule has 1 aromatic carbocycles. The number of rotatable bonds is 5. The van der Waals surface area contributed by atoms with Gasteiger partial charge in [0.25, 0.3) is 0 Å². The lowest BCUT2D eigenvalue weighted by molar-refractivity contribution is -0.146. The molecule has 0 saturated carbocycles. The summed E-state index contributed by atoms with van der Waals surface area (Å²) in [5.74, 6) is 0.191. The first kappa shape index (κ1) is 17.3. The second-order valence-electron chi connectivity index (χ2n) is 5.96. The number of halogens is 4. The molecule has 20 heavy (non-hydrogen) atoms. The van der Waals surface area contributed by atoms with Crippen molar-refractivity contribution in [1.82, 2.24) is 4.90 Å². The molecule has 0 heterocycles. The van der Waals surface area contributed by atoms with Gasteiger partial charge in [0.2, 0.25) is 0 Å². The van der Waals surface area contributed by atoms with Crippen molar-refractivity contribution in [1.29, 1.82) is 0 Å². The molecule has 0 N–H and O–H groups in total. The molecule has 0 radical (unpaired) electrons. The third-order valence-electron chi connectivity index (χ3n) is 3.03. The minimum atomic E-state index is -4.20. The molecule has 0 atom stereocenters.